The second kappa shape index (κ2) is 7.57. The Bertz CT molecular complexity index is 423. The number of carboxylic acid groups (broad SMARTS) is 1. The maximum Gasteiger partial charge on any atom is 0.305 e. The Labute approximate surface area is 111 Å². The molecule has 0 bridgehead atoms. The van der Waals surface area contributed by atoms with Crippen LogP contribution in [0.2, 0.25) is 0 Å². The van der Waals surface area contributed by atoms with E-state index in [-0.39, 0.29) is 31.2 Å². The van der Waals surface area contributed by atoms with Crippen molar-refractivity contribution in [3.63, 3.8) is 0 Å². The summed E-state index contributed by atoms with van der Waals surface area (Å²) in [7, 11) is 1.45. The second-order valence-electron chi connectivity index (χ2n) is 3.91. The van der Waals surface area contributed by atoms with E-state index in [0.29, 0.717) is 17.1 Å². The van der Waals surface area contributed by atoms with Crippen LogP contribution in [0.4, 0.5) is 11.4 Å². The van der Waals surface area contributed by atoms with E-state index in [1.54, 1.807) is 18.2 Å². The fourth-order valence-corrected chi connectivity index (χ4v) is 1.47. The number of rotatable bonds is 8. The molecule has 1 aromatic rings. The van der Waals surface area contributed by atoms with E-state index in [2.05, 4.69) is 5.32 Å². The number of carboxylic acids is 1. The van der Waals surface area contributed by atoms with E-state index in [0.717, 1.165) is 0 Å². The number of aliphatic hydroxyl groups is 1. The van der Waals surface area contributed by atoms with Gasteiger partial charge in [-0.25, -0.2) is 0 Å². The molecule has 19 heavy (non-hydrogen) atoms. The molecule has 0 aliphatic rings. The summed E-state index contributed by atoms with van der Waals surface area (Å²) in [5.41, 5.74) is 1.09. The van der Waals surface area contributed by atoms with Crippen LogP contribution in [-0.2, 0) is 4.79 Å². The highest BCUT2D eigenvalue weighted by molar-refractivity contribution is 5.68. The third-order valence-corrected chi connectivity index (χ3v) is 2.39. The summed E-state index contributed by atoms with van der Waals surface area (Å²) >= 11 is 0. The van der Waals surface area contributed by atoms with Crippen LogP contribution < -0.4 is 15.1 Å². The molecule has 4 N–H and O–H groups in total. The minimum absolute atomic E-state index is 0.0199. The van der Waals surface area contributed by atoms with Gasteiger partial charge < -0.3 is 30.5 Å². The SMILES string of the molecule is C[NH+]([O-])c1ccc(NCCC(=O)O)c(OCCO)c1. The molecule has 1 atom stereocenters. The van der Waals surface area contributed by atoms with Crippen molar-refractivity contribution in [2.24, 2.45) is 0 Å². The molecule has 1 rings (SSSR count). The average molecular weight is 270 g/mol. The molecule has 0 aromatic heterocycles. The van der Waals surface area contributed by atoms with Crippen molar-refractivity contribution in [2.45, 2.75) is 6.42 Å². The van der Waals surface area contributed by atoms with Gasteiger partial charge in [0.25, 0.3) is 0 Å². The molecule has 0 saturated heterocycles. The smallest absolute Gasteiger partial charge is 0.305 e. The zero-order valence-corrected chi connectivity index (χ0v) is 10.7. The number of benzene rings is 1. The van der Waals surface area contributed by atoms with Crippen LogP contribution in [0.15, 0.2) is 18.2 Å². The van der Waals surface area contributed by atoms with Crippen molar-refractivity contribution < 1.29 is 24.8 Å². The molecular weight excluding hydrogens is 252 g/mol. The predicted molar refractivity (Wildman–Crippen MR) is 69.7 cm³/mol. The zero-order chi connectivity index (χ0) is 14.3. The van der Waals surface area contributed by atoms with Crippen molar-refractivity contribution in [1.82, 2.24) is 0 Å². The van der Waals surface area contributed by atoms with Crippen LogP contribution >= 0.6 is 0 Å². The lowest BCUT2D eigenvalue weighted by Crippen LogP contribution is -2.98. The summed E-state index contributed by atoms with van der Waals surface area (Å²) in [5, 5.41) is 31.4. The second-order valence-corrected chi connectivity index (χ2v) is 3.91. The lowest BCUT2D eigenvalue weighted by molar-refractivity contribution is -0.751. The largest absolute Gasteiger partial charge is 0.629 e. The van der Waals surface area contributed by atoms with Gasteiger partial charge >= 0.3 is 5.97 Å². The first-order valence-corrected chi connectivity index (χ1v) is 5.89. The van der Waals surface area contributed by atoms with Gasteiger partial charge in [0.15, 0.2) is 0 Å². The van der Waals surface area contributed by atoms with E-state index in [1.165, 1.54) is 7.05 Å². The summed E-state index contributed by atoms with van der Waals surface area (Å²) in [4.78, 5) is 10.4. The molecule has 0 aliphatic heterocycles. The van der Waals surface area contributed by atoms with E-state index in [1.807, 2.05) is 0 Å². The highest BCUT2D eigenvalue weighted by Gasteiger charge is 2.08. The molecule has 0 spiro atoms. The molecule has 0 saturated carbocycles. The summed E-state index contributed by atoms with van der Waals surface area (Å²) < 4.78 is 5.32. The highest BCUT2D eigenvalue weighted by Crippen LogP contribution is 2.26. The summed E-state index contributed by atoms with van der Waals surface area (Å²) in [6, 6.07) is 4.86. The number of quaternary nitrogens is 1. The number of hydrogen-bond acceptors (Lipinski definition) is 5. The Hall–Kier alpha value is -1.83. The van der Waals surface area contributed by atoms with Crippen molar-refractivity contribution >= 4 is 17.3 Å². The van der Waals surface area contributed by atoms with Crippen LogP contribution in [0.5, 0.6) is 5.75 Å². The molecule has 106 valence electrons. The summed E-state index contributed by atoms with van der Waals surface area (Å²) in [6.45, 7) is 0.220. The number of carbonyl (C=O) groups is 1. The van der Waals surface area contributed by atoms with E-state index < -0.39 is 5.97 Å². The minimum Gasteiger partial charge on any atom is -0.629 e. The molecule has 0 aliphatic carbocycles. The number of anilines is 1. The van der Waals surface area contributed by atoms with Crippen LogP contribution in [0, 0.1) is 5.21 Å². The Morgan fingerprint density at radius 3 is 2.84 bits per heavy atom. The van der Waals surface area contributed by atoms with Crippen molar-refractivity contribution in [2.75, 3.05) is 32.1 Å². The normalized spacial score (nSPS) is 11.9. The number of hydrogen-bond donors (Lipinski definition) is 4. The average Bonchev–Trinajstić information content (AvgIpc) is 2.36. The van der Waals surface area contributed by atoms with Gasteiger partial charge in [-0.15, -0.1) is 0 Å². The first-order valence-electron chi connectivity index (χ1n) is 5.89. The van der Waals surface area contributed by atoms with Crippen LogP contribution in [0.25, 0.3) is 0 Å². The van der Waals surface area contributed by atoms with E-state index >= 15 is 0 Å². The molecule has 0 radical (unpaired) electrons. The maximum absolute atomic E-state index is 11.3. The quantitative estimate of drug-likeness (QED) is 0.478. The van der Waals surface area contributed by atoms with Crippen molar-refractivity contribution in [3.05, 3.63) is 23.4 Å². The van der Waals surface area contributed by atoms with Crippen molar-refractivity contribution in [3.8, 4) is 5.75 Å². The van der Waals surface area contributed by atoms with Crippen molar-refractivity contribution in [1.29, 1.82) is 0 Å². The van der Waals surface area contributed by atoms with Gasteiger partial charge in [0.05, 0.1) is 25.8 Å². The van der Waals surface area contributed by atoms with Gasteiger partial charge in [-0.3, -0.25) is 4.79 Å². The van der Waals surface area contributed by atoms with Gasteiger partial charge in [-0.2, -0.15) is 0 Å². The summed E-state index contributed by atoms with van der Waals surface area (Å²) in [6.07, 6.45) is -0.0199. The fraction of sp³-hybridized carbons (Fsp3) is 0.417. The van der Waals surface area contributed by atoms with E-state index in [4.69, 9.17) is 14.9 Å². The van der Waals surface area contributed by atoms with Crippen LogP contribution in [0.1, 0.15) is 6.42 Å². The predicted octanol–water partition coefficient (Wildman–Crippen LogP) is -0.412. The summed E-state index contributed by atoms with van der Waals surface area (Å²) in [5.74, 6) is -0.474. The molecule has 7 nitrogen and oxygen atoms in total. The Morgan fingerprint density at radius 2 is 2.26 bits per heavy atom. The first-order chi connectivity index (χ1) is 9.04. The third-order valence-electron chi connectivity index (χ3n) is 2.39. The number of ether oxygens (including phenoxy) is 1. The first kappa shape index (κ1) is 15.2. The molecule has 7 heteroatoms. The molecule has 0 fully saturated rings. The number of aliphatic carboxylic acids is 1. The standard InChI is InChI=1S/C12H18N2O5/c1-14(18)9-2-3-10(13-5-4-12(16)17)11(8-9)19-7-6-15/h2-3,8,13-15H,4-7H2,1H3,(H,16,17). The Morgan fingerprint density at radius 1 is 1.53 bits per heavy atom. The molecular formula is C12H18N2O5. The van der Waals surface area contributed by atoms with Crippen LogP contribution in [0.3, 0.4) is 0 Å². The third kappa shape index (κ3) is 5.12. The Kier molecular flexibility index (Phi) is 6.07. The van der Waals surface area contributed by atoms with E-state index in [9.17, 15) is 10.0 Å². The van der Waals surface area contributed by atoms with Gasteiger partial charge in [0.2, 0.25) is 0 Å². The molecule has 1 unspecified atom stereocenters. The lowest BCUT2D eigenvalue weighted by Gasteiger charge is -2.18. The Balaban J connectivity index is 2.79. The van der Waals surface area contributed by atoms with Gasteiger partial charge in [-0.05, 0) is 6.07 Å². The topological polar surface area (TPSA) is 106 Å². The van der Waals surface area contributed by atoms with Crippen LogP contribution in [-0.4, -0.2) is 43.0 Å². The molecule has 0 heterocycles. The molecule has 0 amide bonds. The molecule has 1 aromatic carbocycles. The minimum atomic E-state index is -0.898. The number of aliphatic hydroxyl groups excluding tert-OH is 1. The van der Waals surface area contributed by atoms with Gasteiger partial charge in [0, 0.05) is 18.7 Å². The monoisotopic (exact) mass is 270 g/mol. The lowest BCUT2D eigenvalue weighted by atomic mass is 10.2. The number of nitrogens with one attached hydrogen (secondary N) is 2. The maximum atomic E-state index is 11.3. The number of hydroxylamine groups is 1. The zero-order valence-electron chi connectivity index (χ0n) is 10.7. The highest BCUT2D eigenvalue weighted by atomic mass is 16.5. The van der Waals surface area contributed by atoms with Gasteiger partial charge in [-0.1, -0.05) is 0 Å². The van der Waals surface area contributed by atoms with Gasteiger partial charge in [0.1, 0.15) is 18.0 Å². The fourth-order valence-electron chi connectivity index (χ4n) is 1.47.